The maximum absolute atomic E-state index is 13.4. The number of nitrogens with one attached hydrogen (secondary N) is 1. The first-order chi connectivity index (χ1) is 15.5. The van der Waals surface area contributed by atoms with Crippen molar-refractivity contribution in [3.05, 3.63) is 83.5 Å². The number of pyridine rings is 1. The van der Waals surface area contributed by atoms with Crippen LogP contribution in [0.3, 0.4) is 0 Å². The molecule has 1 amide bonds. The van der Waals surface area contributed by atoms with Crippen LogP contribution in [0, 0.1) is 19.7 Å². The Kier molecular flexibility index (Phi) is 4.74. The molecule has 0 radical (unpaired) electrons. The van der Waals surface area contributed by atoms with E-state index in [0.29, 0.717) is 45.0 Å². The highest BCUT2D eigenvalue weighted by Crippen LogP contribution is 2.33. The molecule has 0 aliphatic carbocycles. The van der Waals surface area contributed by atoms with Crippen molar-refractivity contribution in [1.82, 2.24) is 15.3 Å². The third kappa shape index (κ3) is 3.41. The number of amides is 1. The van der Waals surface area contributed by atoms with Crippen LogP contribution in [-0.4, -0.2) is 21.2 Å². The topological polar surface area (TPSA) is 94.1 Å². The molecule has 7 nitrogen and oxygen atoms in total. The molecular weight excluding hydrogens is 411 g/mol. The first-order valence-electron chi connectivity index (χ1n) is 9.87. The molecule has 5 rings (SSSR count). The smallest absolute Gasteiger partial charge is 0.259 e. The Balaban J connectivity index is 1.70. The molecule has 0 saturated carbocycles. The van der Waals surface area contributed by atoms with Crippen LogP contribution in [0.2, 0.25) is 0 Å². The summed E-state index contributed by atoms with van der Waals surface area (Å²) in [5.74, 6) is -0.272. The van der Waals surface area contributed by atoms with Gasteiger partial charge in [0.2, 0.25) is 0 Å². The lowest BCUT2D eigenvalue weighted by Gasteiger charge is -2.09. The lowest BCUT2D eigenvalue weighted by molar-refractivity contribution is 0.102. The predicted octanol–water partition coefficient (Wildman–Crippen LogP) is 5.55. The Labute approximate surface area is 181 Å². The van der Waals surface area contributed by atoms with Gasteiger partial charge in [-0.25, -0.2) is 9.37 Å². The summed E-state index contributed by atoms with van der Waals surface area (Å²) in [5, 5.41) is 11.3. The zero-order valence-electron chi connectivity index (χ0n) is 17.2. The minimum atomic E-state index is -0.393. The van der Waals surface area contributed by atoms with Gasteiger partial charge in [-0.3, -0.25) is 4.79 Å². The van der Waals surface area contributed by atoms with Crippen molar-refractivity contribution in [3.63, 3.8) is 0 Å². The molecule has 5 aromatic rings. The Morgan fingerprint density at radius 3 is 2.38 bits per heavy atom. The van der Waals surface area contributed by atoms with Gasteiger partial charge in [-0.1, -0.05) is 40.6 Å². The maximum atomic E-state index is 13.4. The third-order valence-corrected chi connectivity index (χ3v) is 5.15. The van der Waals surface area contributed by atoms with E-state index in [-0.39, 0.29) is 11.5 Å². The lowest BCUT2D eigenvalue weighted by atomic mass is 10.0. The molecule has 0 spiro atoms. The van der Waals surface area contributed by atoms with E-state index in [1.54, 1.807) is 32.0 Å². The van der Waals surface area contributed by atoms with E-state index in [0.717, 1.165) is 5.56 Å². The largest absolute Gasteiger partial charge is 0.359 e. The first-order valence-corrected chi connectivity index (χ1v) is 9.87. The lowest BCUT2D eigenvalue weighted by Crippen LogP contribution is -2.14. The number of fused-ring (bicyclic) bond motifs is 1. The number of halogens is 1. The maximum Gasteiger partial charge on any atom is 0.259 e. The third-order valence-electron chi connectivity index (χ3n) is 5.15. The predicted molar refractivity (Wildman–Crippen MR) is 117 cm³/mol. The van der Waals surface area contributed by atoms with E-state index in [2.05, 4.69) is 20.6 Å². The van der Waals surface area contributed by atoms with E-state index in [4.69, 9.17) is 9.05 Å². The Hall–Kier alpha value is -4.33. The molecule has 8 heteroatoms. The monoisotopic (exact) mass is 428 g/mol. The van der Waals surface area contributed by atoms with Crippen molar-refractivity contribution in [2.24, 2.45) is 0 Å². The van der Waals surface area contributed by atoms with Crippen LogP contribution in [0.25, 0.3) is 33.6 Å². The number of hydrogen-bond acceptors (Lipinski definition) is 6. The number of carbonyl (C=O) groups excluding carboxylic acids is 1. The molecule has 3 aromatic heterocycles. The van der Waals surface area contributed by atoms with Gasteiger partial charge in [0.15, 0.2) is 5.76 Å². The van der Waals surface area contributed by atoms with Crippen molar-refractivity contribution >= 4 is 22.7 Å². The van der Waals surface area contributed by atoms with E-state index in [1.807, 2.05) is 30.3 Å². The van der Waals surface area contributed by atoms with E-state index in [9.17, 15) is 9.18 Å². The summed E-state index contributed by atoms with van der Waals surface area (Å²) < 4.78 is 24.1. The molecule has 1 N–H and O–H groups in total. The summed E-state index contributed by atoms with van der Waals surface area (Å²) in [6.07, 6.45) is 0. The fraction of sp³-hybridized carbons (Fsp3) is 0.0833. The van der Waals surface area contributed by atoms with Gasteiger partial charge < -0.3 is 14.4 Å². The number of nitrogens with zero attached hydrogens (tertiary/aromatic N) is 3. The van der Waals surface area contributed by atoms with Crippen molar-refractivity contribution in [2.75, 3.05) is 5.32 Å². The quantitative estimate of drug-likeness (QED) is 0.403. The Bertz CT molecular complexity index is 1420. The number of aryl methyl sites for hydroxylation is 2. The second-order valence-corrected chi connectivity index (χ2v) is 7.29. The summed E-state index contributed by atoms with van der Waals surface area (Å²) >= 11 is 0. The number of anilines is 1. The van der Waals surface area contributed by atoms with Gasteiger partial charge in [-0.05, 0) is 44.2 Å². The van der Waals surface area contributed by atoms with Crippen molar-refractivity contribution in [1.29, 1.82) is 0 Å². The SMILES string of the molecule is Cc1noc(C)c1NC(=O)c1cc(-c2ccccc2)nc2onc(-c3ccc(F)cc3)c12. The molecule has 3 heterocycles. The summed E-state index contributed by atoms with van der Waals surface area (Å²) in [4.78, 5) is 18.0. The molecule has 0 atom stereocenters. The molecule has 0 saturated heterocycles. The van der Waals surface area contributed by atoms with Crippen LogP contribution in [0.5, 0.6) is 0 Å². The number of carbonyl (C=O) groups is 1. The Morgan fingerprint density at radius 2 is 1.69 bits per heavy atom. The summed E-state index contributed by atoms with van der Waals surface area (Å²) in [6.45, 7) is 3.46. The molecule has 2 aromatic carbocycles. The normalized spacial score (nSPS) is 11.1. The van der Waals surface area contributed by atoms with E-state index < -0.39 is 5.91 Å². The zero-order chi connectivity index (χ0) is 22.2. The molecule has 0 aliphatic rings. The van der Waals surface area contributed by atoms with Crippen molar-refractivity contribution < 1.29 is 18.2 Å². The van der Waals surface area contributed by atoms with Crippen LogP contribution in [0.1, 0.15) is 21.8 Å². The Morgan fingerprint density at radius 1 is 0.938 bits per heavy atom. The van der Waals surface area contributed by atoms with Crippen LogP contribution in [-0.2, 0) is 0 Å². The van der Waals surface area contributed by atoms with Crippen molar-refractivity contribution in [3.8, 4) is 22.5 Å². The number of hydrogen-bond donors (Lipinski definition) is 1. The average molecular weight is 428 g/mol. The van der Waals surface area contributed by atoms with Gasteiger partial charge in [0.05, 0.1) is 16.6 Å². The number of aromatic nitrogens is 3. The van der Waals surface area contributed by atoms with Crippen LogP contribution >= 0.6 is 0 Å². The van der Waals surface area contributed by atoms with Crippen LogP contribution < -0.4 is 5.32 Å². The molecule has 0 aliphatic heterocycles. The molecule has 32 heavy (non-hydrogen) atoms. The number of benzene rings is 2. The minimum absolute atomic E-state index is 0.203. The summed E-state index contributed by atoms with van der Waals surface area (Å²) in [5.41, 5.74) is 3.96. The van der Waals surface area contributed by atoms with Crippen LogP contribution in [0.4, 0.5) is 10.1 Å². The molecule has 0 fully saturated rings. The highest BCUT2D eigenvalue weighted by molar-refractivity contribution is 6.15. The molecule has 158 valence electrons. The minimum Gasteiger partial charge on any atom is -0.359 e. The van der Waals surface area contributed by atoms with E-state index >= 15 is 0 Å². The van der Waals surface area contributed by atoms with Crippen LogP contribution in [0.15, 0.2) is 69.7 Å². The van der Waals surface area contributed by atoms with Gasteiger partial charge in [-0.15, -0.1) is 0 Å². The van der Waals surface area contributed by atoms with E-state index in [1.165, 1.54) is 12.1 Å². The summed E-state index contributed by atoms with van der Waals surface area (Å²) in [6, 6.07) is 16.9. The van der Waals surface area contributed by atoms with Gasteiger partial charge >= 0.3 is 0 Å². The highest BCUT2D eigenvalue weighted by atomic mass is 19.1. The van der Waals surface area contributed by atoms with Gasteiger partial charge in [0, 0.05) is 11.1 Å². The van der Waals surface area contributed by atoms with Gasteiger partial charge in [-0.2, -0.15) is 0 Å². The van der Waals surface area contributed by atoms with Crippen molar-refractivity contribution in [2.45, 2.75) is 13.8 Å². The first kappa shape index (κ1) is 19.6. The fourth-order valence-corrected chi connectivity index (χ4v) is 3.53. The standard InChI is InChI=1S/C24H17FN4O3/c1-13-21(14(2)31-28-13)27-23(30)18-12-19(15-6-4-3-5-7-15)26-24-20(18)22(29-32-24)16-8-10-17(25)11-9-16/h3-12H,1-2H3,(H,27,30). The molecule has 0 bridgehead atoms. The molecule has 0 unspecified atom stereocenters. The fourth-order valence-electron chi connectivity index (χ4n) is 3.53. The second kappa shape index (κ2) is 7.73. The summed E-state index contributed by atoms with van der Waals surface area (Å²) in [7, 11) is 0. The molecular formula is C24H17FN4O3. The van der Waals surface area contributed by atoms with Gasteiger partial charge in [0.1, 0.15) is 22.9 Å². The average Bonchev–Trinajstić information content (AvgIpc) is 3.38. The van der Waals surface area contributed by atoms with Gasteiger partial charge in [0.25, 0.3) is 11.6 Å². The zero-order valence-corrected chi connectivity index (χ0v) is 17.2. The number of rotatable bonds is 4. The highest BCUT2D eigenvalue weighted by Gasteiger charge is 2.23. The second-order valence-electron chi connectivity index (χ2n) is 7.29.